The van der Waals surface area contributed by atoms with Crippen molar-refractivity contribution in [2.24, 2.45) is 0 Å². The molecule has 0 aliphatic rings. The third-order valence-electron chi connectivity index (χ3n) is 4.22. The average Bonchev–Trinajstić information content (AvgIpc) is 3.03. The van der Waals surface area contributed by atoms with Crippen LogP contribution in [0.25, 0.3) is 17.0 Å². The van der Waals surface area contributed by atoms with Gasteiger partial charge in [0.05, 0.1) is 13.7 Å². The number of fused-ring (bicyclic) bond motifs is 1. The summed E-state index contributed by atoms with van der Waals surface area (Å²) in [5.74, 6) is 0.479. The van der Waals surface area contributed by atoms with Crippen LogP contribution in [0.4, 0.5) is 0 Å². The fraction of sp³-hybridized carbons (Fsp3) is 0.174. The van der Waals surface area contributed by atoms with Crippen molar-refractivity contribution in [3.63, 3.8) is 0 Å². The third-order valence-corrected chi connectivity index (χ3v) is 4.22. The molecule has 0 saturated heterocycles. The lowest BCUT2D eigenvalue weighted by molar-refractivity contribution is -0.137. The van der Waals surface area contributed by atoms with E-state index in [9.17, 15) is 4.79 Å². The molecule has 0 unspecified atom stereocenters. The summed E-state index contributed by atoms with van der Waals surface area (Å²) >= 11 is 0. The molecule has 1 heterocycles. The molecule has 0 aliphatic heterocycles. The van der Waals surface area contributed by atoms with E-state index >= 15 is 0 Å². The van der Waals surface area contributed by atoms with Crippen molar-refractivity contribution in [3.05, 3.63) is 84.1 Å². The minimum atomic E-state index is -0.338. The van der Waals surface area contributed by atoms with Gasteiger partial charge < -0.3 is 14.0 Å². The van der Waals surface area contributed by atoms with Crippen molar-refractivity contribution in [2.45, 2.75) is 13.5 Å². The molecule has 0 aliphatic carbocycles. The lowest BCUT2D eigenvalue weighted by atomic mass is 10.1. The molecule has 27 heavy (non-hydrogen) atoms. The number of hydrogen-bond acceptors (Lipinski definition) is 3. The van der Waals surface area contributed by atoms with Crippen molar-refractivity contribution < 1.29 is 14.3 Å². The van der Waals surface area contributed by atoms with E-state index in [4.69, 9.17) is 9.47 Å². The van der Waals surface area contributed by atoms with Crippen molar-refractivity contribution in [1.82, 2.24) is 4.57 Å². The number of nitrogens with zero attached hydrogens (tertiary/aromatic N) is 1. The van der Waals surface area contributed by atoms with E-state index < -0.39 is 0 Å². The smallest absolute Gasteiger partial charge is 0.330 e. The third kappa shape index (κ3) is 4.67. The summed E-state index contributed by atoms with van der Waals surface area (Å²) in [6, 6.07) is 16.4. The molecular formula is C23H23NO3. The van der Waals surface area contributed by atoms with E-state index in [0.717, 1.165) is 28.8 Å². The lowest BCUT2D eigenvalue weighted by Crippen LogP contribution is -1.98. The van der Waals surface area contributed by atoms with Crippen LogP contribution in [0, 0.1) is 0 Å². The second-order valence-electron chi connectivity index (χ2n) is 6.05. The summed E-state index contributed by atoms with van der Waals surface area (Å²) < 4.78 is 12.5. The zero-order valence-corrected chi connectivity index (χ0v) is 15.6. The molecule has 138 valence electrons. The number of hydrogen-bond donors (Lipinski definition) is 0. The SMILES string of the molecule is CCOC(=O)/C=C/C=C/c1cn(Cc2ccccc2)c2ccc(OC)cc12. The summed E-state index contributed by atoms with van der Waals surface area (Å²) in [6.07, 6.45) is 9.06. The number of methoxy groups -OCH3 is 1. The first-order valence-electron chi connectivity index (χ1n) is 8.93. The average molecular weight is 361 g/mol. The van der Waals surface area contributed by atoms with Crippen LogP contribution in [-0.2, 0) is 16.1 Å². The van der Waals surface area contributed by atoms with Crippen LogP contribution in [0.1, 0.15) is 18.1 Å². The van der Waals surface area contributed by atoms with Crippen molar-refractivity contribution in [1.29, 1.82) is 0 Å². The van der Waals surface area contributed by atoms with Gasteiger partial charge >= 0.3 is 5.97 Å². The monoisotopic (exact) mass is 361 g/mol. The van der Waals surface area contributed by atoms with Gasteiger partial charge in [-0.25, -0.2) is 4.79 Å². The largest absolute Gasteiger partial charge is 0.497 e. The van der Waals surface area contributed by atoms with Crippen LogP contribution in [0.3, 0.4) is 0 Å². The zero-order valence-electron chi connectivity index (χ0n) is 15.6. The molecule has 0 saturated carbocycles. The number of aromatic nitrogens is 1. The molecule has 0 fully saturated rings. The fourth-order valence-corrected chi connectivity index (χ4v) is 2.96. The van der Waals surface area contributed by atoms with Gasteiger partial charge in [-0.2, -0.15) is 0 Å². The van der Waals surface area contributed by atoms with Gasteiger partial charge in [0.2, 0.25) is 0 Å². The number of esters is 1. The van der Waals surface area contributed by atoms with Gasteiger partial charge in [0.25, 0.3) is 0 Å². The number of allylic oxidation sites excluding steroid dienone is 2. The molecule has 4 heteroatoms. The molecule has 0 amide bonds. The first kappa shape index (κ1) is 18.5. The van der Waals surface area contributed by atoms with Gasteiger partial charge in [-0.15, -0.1) is 0 Å². The second-order valence-corrected chi connectivity index (χ2v) is 6.05. The van der Waals surface area contributed by atoms with Crippen LogP contribution >= 0.6 is 0 Å². The van der Waals surface area contributed by atoms with Gasteiger partial charge in [-0.05, 0) is 30.7 Å². The maximum absolute atomic E-state index is 11.4. The molecular weight excluding hydrogens is 338 g/mol. The highest BCUT2D eigenvalue weighted by atomic mass is 16.5. The fourth-order valence-electron chi connectivity index (χ4n) is 2.96. The Labute approximate surface area is 159 Å². The van der Waals surface area contributed by atoms with Crippen LogP contribution in [0.5, 0.6) is 5.75 Å². The van der Waals surface area contributed by atoms with Crippen LogP contribution in [-0.4, -0.2) is 24.3 Å². The van der Waals surface area contributed by atoms with E-state index in [2.05, 4.69) is 29.0 Å². The predicted molar refractivity (Wildman–Crippen MR) is 109 cm³/mol. The van der Waals surface area contributed by atoms with Gasteiger partial charge in [-0.3, -0.25) is 0 Å². The molecule has 2 aromatic carbocycles. The first-order valence-corrected chi connectivity index (χ1v) is 8.93. The van der Waals surface area contributed by atoms with E-state index in [0.29, 0.717) is 6.61 Å². The Kier molecular flexibility index (Phi) is 6.10. The normalized spacial score (nSPS) is 11.5. The van der Waals surface area contributed by atoms with Crippen LogP contribution < -0.4 is 4.74 Å². The molecule has 1 aromatic heterocycles. The number of rotatable bonds is 7. The molecule has 3 aromatic rings. The second kappa shape index (κ2) is 8.90. The Morgan fingerprint density at radius 1 is 1.11 bits per heavy atom. The zero-order chi connectivity index (χ0) is 19.1. The number of ether oxygens (including phenoxy) is 2. The van der Waals surface area contributed by atoms with E-state index in [1.807, 2.05) is 42.5 Å². The van der Waals surface area contributed by atoms with E-state index in [1.165, 1.54) is 11.6 Å². The molecule has 0 radical (unpaired) electrons. The summed E-state index contributed by atoms with van der Waals surface area (Å²) in [5, 5.41) is 1.10. The van der Waals surface area contributed by atoms with E-state index in [-0.39, 0.29) is 5.97 Å². The molecule has 0 bridgehead atoms. The number of carbonyl (C=O) groups is 1. The number of carbonyl (C=O) groups excluding carboxylic acids is 1. The maximum atomic E-state index is 11.4. The van der Waals surface area contributed by atoms with Gasteiger partial charge in [0, 0.05) is 35.3 Å². The van der Waals surface area contributed by atoms with Crippen molar-refractivity contribution in [3.8, 4) is 5.75 Å². The minimum Gasteiger partial charge on any atom is -0.497 e. The quantitative estimate of drug-likeness (QED) is 0.344. The highest BCUT2D eigenvalue weighted by molar-refractivity contribution is 5.91. The summed E-state index contributed by atoms with van der Waals surface area (Å²) in [6.45, 7) is 2.95. The lowest BCUT2D eigenvalue weighted by Gasteiger charge is -2.06. The number of benzene rings is 2. The Bertz CT molecular complexity index is 968. The van der Waals surface area contributed by atoms with Crippen LogP contribution in [0.2, 0.25) is 0 Å². The summed E-state index contributed by atoms with van der Waals surface area (Å²) in [4.78, 5) is 11.4. The Balaban J connectivity index is 1.92. The van der Waals surface area contributed by atoms with E-state index in [1.54, 1.807) is 20.1 Å². The molecule has 0 N–H and O–H groups in total. The Morgan fingerprint density at radius 2 is 1.93 bits per heavy atom. The maximum Gasteiger partial charge on any atom is 0.330 e. The first-order chi connectivity index (χ1) is 13.2. The van der Waals surface area contributed by atoms with Gasteiger partial charge in [0.15, 0.2) is 0 Å². The molecule has 3 rings (SSSR count). The standard InChI is InChI=1S/C23H23NO3/c1-3-27-23(25)12-8-7-11-19-17-24(16-18-9-5-4-6-10-18)22-14-13-20(26-2)15-21(19)22/h4-15,17H,3,16H2,1-2H3/b11-7+,12-8+. The topological polar surface area (TPSA) is 40.5 Å². The highest BCUT2D eigenvalue weighted by Gasteiger charge is 2.08. The van der Waals surface area contributed by atoms with Gasteiger partial charge in [0.1, 0.15) is 5.75 Å². The molecule has 0 atom stereocenters. The summed E-state index contributed by atoms with van der Waals surface area (Å²) in [7, 11) is 1.67. The van der Waals surface area contributed by atoms with Crippen molar-refractivity contribution in [2.75, 3.05) is 13.7 Å². The van der Waals surface area contributed by atoms with Gasteiger partial charge in [-0.1, -0.05) is 48.6 Å². The predicted octanol–water partition coefficient (Wildman–Crippen LogP) is 4.83. The van der Waals surface area contributed by atoms with Crippen molar-refractivity contribution >= 4 is 22.9 Å². The Morgan fingerprint density at radius 3 is 2.67 bits per heavy atom. The Hall–Kier alpha value is -3.27. The minimum absolute atomic E-state index is 0.338. The van der Waals surface area contributed by atoms with Crippen LogP contribution in [0.15, 0.2) is 73.0 Å². The highest BCUT2D eigenvalue weighted by Crippen LogP contribution is 2.27. The summed E-state index contributed by atoms with van der Waals surface area (Å²) in [5.41, 5.74) is 3.44. The molecule has 4 nitrogen and oxygen atoms in total. The molecule has 0 spiro atoms.